The zero-order valence-corrected chi connectivity index (χ0v) is 10.4. The van der Waals surface area contributed by atoms with E-state index in [1.54, 1.807) is 0 Å². The van der Waals surface area contributed by atoms with Gasteiger partial charge in [-0.25, -0.2) is 0 Å². The molecule has 3 nitrogen and oxygen atoms in total. The Morgan fingerprint density at radius 2 is 2.18 bits per heavy atom. The first-order valence-corrected chi connectivity index (χ1v) is 6.02. The molecule has 0 aromatic heterocycles. The summed E-state index contributed by atoms with van der Waals surface area (Å²) in [6.07, 6.45) is 0.802. The molecule has 0 N–H and O–H groups in total. The Morgan fingerprint density at radius 1 is 1.47 bits per heavy atom. The van der Waals surface area contributed by atoms with Gasteiger partial charge >= 0.3 is 0 Å². The minimum atomic E-state index is -0.447. The summed E-state index contributed by atoms with van der Waals surface area (Å²) in [5, 5.41) is 9.36. The number of hydrogen-bond donors (Lipinski definition) is 0. The first-order valence-electron chi connectivity index (χ1n) is 6.02. The summed E-state index contributed by atoms with van der Waals surface area (Å²) in [6, 6.07) is 12.9. The standard InChI is InChI=1S/C14H18N2O/c1-3-14(2,10-15)16-11-17-9-13(16)12-7-5-4-6-8-12/h4-8,13H,3,9,11H2,1-2H3. The second-order valence-corrected chi connectivity index (χ2v) is 4.64. The summed E-state index contributed by atoms with van der Waals surface area (Å²) < 4.78 is 5.55. The Bertz CT molecular complexity index is 412. The van der Waals surface area contributed by atoms with E-state index in [4.69, 9.17) is 4.74 Å². The van der Waals surface area contributed by atoms with Gasteiger partial charge in [0.25, 0.3) is 0 Å². The molecule has 2 rings (SSSR count). The van der Waals surface area contributed by atoms with E-state index in [0.717, 1.165) is 6.42 Å². The van der Waals surface area contributed by atoms with E-state index in [1.807, 2.05) is 32.0 Å². The second-order valence-electron chi connectivity index (χ2n) is 4.64. The highest BCUT2D eigenvalue weighted by molar-refractivity contribution is 5.22. The fraction of sp³-hybridized carbons (Fsp3) is 0.500. The lowest BCUT2D eigenvalue weighted by Crippen LogP contribution is -2.44. The van der Waals surface area contributed by atoms with Crippen LogP contribution >= 0.6 is 0 Å². The average molecular weight is 230 g/mol. The molecule has 3 heteroatoms. The Kier molecular flexibility index (Phi) is 3.46. The molecule has 0 spiro atoms. The third-order valence-corrected chi connectivity index (χ3v) is 3.63. The van der Waals surface area contributed by atoms with Crippen molar-refractivity contribution in [1.82, 2.24) is 4.90 Å². The van der Waals surface area contributed by atoms with Crippen LogP contribution in [-0.4, -0.2) is 23.8 Å². The Morgan fingerprint density at radius 3 is 2.76 bits per heavy atom. The maximum atomic E-state index is 9.36. The highest BCUT2D eigenvalue weighted by Gasteiger charge is 2.39. The van der Waals surface area contributed by atoms with Crippen LogP contribution in [0.3, 0.4) is 0 Å². The largest absolute Gasteiger partial charge is 0.364 e. The molecular weight excluding hydrogens is 212 g/mol. The van der Waals surface area contributed by atoms with Gasteiger partial charge in [-0.1, -0.05) is 37.3 Å². The predicted octanol–water partition coefficient (Wildman–Crippen LogP) is 2.71. The summed E-state index contributed by atoms with van der Waals surface area (Å²) >= 11 is 0. The Balaban J connectivity index is 2.28. The monoisotopic (exact) mass is 230 g/mol. The topological polar surface area (TPSA) is 36.3 Å². The van der Waals surface area contributed by atoms with Crippen LogP contribution in [0.25, 0.3) is 0 Å². The molecule has 1 aliphatic rings. The molecule has 1 saturated heterocycles. The van der Waals surface area contributed by atoms with Crippen LogP contribution in [0.15, 0.2) is 30.3 Å². The lowest BCUT2D eigenvalue weighted by atomic mass is 9.95. The number of benzene rings is 1. The van der Waals surface area contributed by atoms with Crippen LogP contribution in [0.1, 0.15) is 31.9 Å². The summed E-state index contributed by atoms with van der Waals surface area (Å²) in [6.45, 7) is 5.24. The van der Waals surface area contributed by atoms with Crippen LogP contribution < -0.4 is 0 Å². The van der Waals surface area contributed by atoms with Crippen molar-refractivity contribution >= 4 is 0 Å². The molecule has 0 amide bonds. The molecule has 90 valence electrons. The molecule has 1 heterocycles. The Hall–Kier alpha value is -1.37. The molecule has 1 fully saturated rings. The molecule has 1 aromatic carbocycles. The van der Waals surface area contributed by atoms with Gasteiger partial charge in [0, 0.05) is 0 Å². The number of hydrogen-bond acceptors (Lipinski definition) is 3. The SMILES string of the molecule is CCC(C)(C#N)N1COCC1c1ccccc1. The van der Waals surface area contributed by atoms with Gasteiger partial charge in [-0.15, -0.1) is 0 Å². The quantitative estimate of drug-likeness (QED) is 0.801. The van der Waals surface area contributed by atoms with E-state index in [1.165, 1.54) is 5.56 Å². The number of nitrogens with zero attached hydrogens (tertiary/aromatic N) is 2. The van der Waals surface area contributed by atoms with Gasteiger partial charge in [0.05, 0.1) is 18.7 Å². The highest BCUT2D eigenvalue weighted by atomic mass is 16.5. The highest BCUT2D eigenvalue weighted by Crippen LogP contribution is 2.34. The third kappa shape index (κ3) is 2.19. The lowest BCUT2D eigenvalue weighted by molar-refractivity contribution is 0.0782. The van der Waals surface area contributed by atoms with Crippen molar-refractivity contribution in [2.75, 3.05) is 13.3 Å². The molecule has 2 atom stereocenters. The van der Waals surface area contributed by atoms with E-state index < -0.39 is 5.54 Å². The molecule has 1 aromatic rings. The van der Waals surface area contributed by atoms with E-state index >= 15 is 0 Å². The van der Waals surface area contributed by atoms with Gasteiger partial charge in [0.15, 0.2) is 0 Å². The number of nitriles is 1. The summed E-state index contributed by atoms with van der Waals surface area (Å²) in [5.41, 5.74) is 0.775. The van der Waals surface area contributed by atoms with Crippen molar-refractivity contribution in [3.05, 3.63) is 35.9 Å². The van der Waals surface area contributed by atoms with Crippen molar-refractivity contribution in [2.45, 2.75) is 31.8 Å². The van der Waals surface area contributed by atoms with Crippen molar-refractivity contribution in [3.8, 4) is 6.07 Å². The molecule has 0 bridgehead atoms. The van der Waals surface area contributed by atoms with Crippen LogP contribution in [0.4, 0.5) is 0 Å². The van der Waals surface area contributed by atoms with E-state index in [0.29, 0.717) is 13.3 Å². The van der Waals surface area contributed by atoms with Crippen molar-refractivity contribution in [1.29, 1.82) is 5.26 Å². The van der Waals surface area contributed by atoms with Gasteiger partial charge in [0.2, 0.25) is 0 Å². The first-order chi connectivity index (χ1) is 8.21. The summed E-state index contributed by atoms with van der Waals surface area (Å²) in [5.74, 6) is 0. The fourth-order valence-electron chi connectivity index (χ4n) is 2.23. The van der Waals surface area contributed by atoms with Crippen molar-refractivity contribution < 1.29 is 4.74 Å². The second kappa shape index (κ2) is 4.87. The van der Waals surface area contributed by atoms with E-state index in [-0.39, 0.29) is 6.04 Å². The Labute approximate surface area is 103 Å². The minimum Gasteiger partial charge on any atom is -0.364 e. The van der Waals surface area contributed by atoms with Crippen LogP contribution in [0.5, 0.6) is 0 Å². The van der Waals surface area contributed by atoms with Crippen molar-refractivity contribution in [2.24, 2.45) is 0 Å². The molecular formula is C14H18N2O. The maximum absolute atomic E-state index is 9.36. The average Bonchev–Trinajstić information content (AvgIpc) is 2.88. The normalized spacial score (nSPS) is 24.2. The number of rotatable bonds is 3. The first kappa shape index (κ1) is 12.1. The van der Waals surface area contributed by atoms with E-state index in [9.17, 15) is 5.26 Å². The number of ether oxygens (including phenoxy) is 1. The minimum absolute atomic E-state index is 0.195. The van der Waals surface area contributed by atoms with Gasteiger partial charge in [-0.05, 0) is 18.9 Å². The summed E-state index contributed by atoms with van der Waals surface area (Å²) in [4.78, 5) is 2.16. The molecule has 2 unspecified atom stereocenters. The van der Waals surface area contributed by atoms with Gasteiger partial charge in [-0.2, -0.15) is 5.26 Å². The van der Waals surface area contributed by atoms with Gasteiger partial charge in [-0.3, -0.25) is 4.90 Å². The van der Waals surface area contributed by atoms with Crippen LogP contribution in [-0.2, 0) is 4.74 Å². The van der Waals surface area contributed by atoms with Crippen LogP contribution in [0, 0.1) is 11.3 Å². The smallest absolute Gasteiger partial charge is 0.108 e. The lowest BCUT2D eigenvalue weighted by Gasteiger charge is -2.35. The van der Waals surface area contributed by atoms with Crippen LogP contribution in [0.2, 0.25) is 0 Å². The summed E-state index contributed by atoms with van der Waals surface area (Å²) in [7, 11) is 0. The predicted molar refractivity (Wildman–Crippen MR) is 66.2 cm³/mol. The fourth-order valence-corrected chi connectivity index (χ4v) is 2.23. The van der Waals surface area contributed by atoms with Crippen molar-refractivity contribution in [3.63, 3.8) is 0 Å². The zero-order chi connectivity index (χ0) is 12.3. The zero-order valence-electron chi connectivity index (χ0n) is 10.4. The molecule has 0 aliphatic carbocycles. The third-order valence-electron chi connectivity index (χ3n) is 3.63. The maximum Gasteiger partial charge on any atom is 0.108 e. The van der Waals surface area contributed by atoms with Gasteiger partial charge < -0.3 is 4.74 Å². The molecule has 0 saturated carbocycles. The molecule has 0 radical (unpaired) electrons. The molecule has 17 heavy (non-hydrogen) atoms. The van der Waals surface area contributed by atoms with Gasteiger partial charge in [0.1, 0.15) is 12.3 Å². The molecule has 1 aliphatic heterocycles. The van der Waals surface area contributed by atoms with E-state index in [2.05, 4.69) is 23.1 Å².